The molecule has 4 heteroatoms. The SMILES string of the molecule is Cc1ccc(C(=O)Cn2cc(Br)cn2)cc1. The monoisotopic (exact) mass is 278 g/mol. The Bertz CT molecular complexity index is 502. The van der Waals surface area contributed by atoms with Crippen molar-refractivity contribution >= 4 is 21.7 Å². The summed E-state index contributed by atoms with van der Waals surface area (Å²) in [6.07, 6.45) is 3.45. The number of hydrogen-bond donors (Lipinski definition) is 0. The van der Waals surface area contributed by atoms with Crippen molar-refractivity contribution in [2.45, 2.75) is 13.5 Å². The van der Waals surface area contributed by atoms with Gasteiger partial charge in [0, 0.05) is 11.8 Å². The topological polar surface area (TPSA) is 34.9 Å². The van der Waals surface area contributed by atoms with Crippen molar-refractivity contribution in [1.82, 2.24) is 9.78 Å². The van der Waals surface area contributed by atoms with Gasteiger partial charge in [-0.05, 0) is 22.9 Å². The molecule has 0 aliphatic carbocycles. The van der Waals surface area contributed by atoms with E-state index in [1.807, 2.05) is 31.2 Å². The van der Waals surface area contributed by atoms with Gasteiger partial charge in [-0.25, -0.2) is 0 Å². The fourth-order valence-corrected chi connectivity index (χ4v) is 1.73. The summed E-state index contributed by atoms with van der Waals surface area (Å²) >= 11 is 3.29. The Morgan fingerprint density at radius 3 is 2.62 bits per heavy atom. The molecule has 0 saturated heterocycles. The van der Waals surface area contributed by atoms with Crippen LogP contribution in [0.1, 0.15) is 15.9 Å². The van der Waals surface area contributed by atoms with Crippen LogP contribution in [-0.4, -0.2) is 15.6 Å². The molecule has 0 fully saturated rings. The van der Waals surface area contributed by atoms with Crippen LogP contribution in [0.15, 0.2) is 41.1 Å². The van der Waals surface area contributed by atoms with Crippen molar-refractivity contribution in [3.05, 3.63) is 52.3 Å². The maximum atomic E-state index is 11.9. The third-order valence-electron chi connectivity index (χ3n) is 2.28. The molecule has 0 unspecified atom stereocenters. The highest BCUT2D eigenvalue weighted by atomic mass is 79.9. The first-order chi connectivity index (χ1) is 7.65. The molecule has 0 bridgehead atoms. The molecule has 16 heavy (non-hydrogen) atoms. The zero-order valence-corrected chi connectivity index (χ0v) is 10.4. The van der Waals surface area contributed by atoms with Crippen LogP contribution in [0.2, 0.25) is 0 Å². The van der Waals surface area contributed by atoms with E-state index in [-0.39, 0.29) is 12.3 Å². The van der Waals surface area contributed by atoms with Gasteiger partial charge in [0.1, 0.15) is 6.54 Å². The van der Waals surface area contributed by atoms with Gasteiger partial charge in [0.05, 0.1) is 10.7 Å². The molecule has 2 aromatic rings. The normalized spacial score (nSPS) is 10.4. The highest BCUT2D eigenvalue weighted by molar-refractivity contribution is 9.10. The standard InChI is InChI=1S/C12H11BrN2O/c1-9-2-4-10(5-3-9)12(16)8-15-7-11(13)6-14-15/h2-7H,8H2,1H3. The quantitative estimate of drug-likeness (QED) is 0.810. The largest absolute Gasteiger partial charge is 0.292 e. The second-order valence-electron chi connectivity index (χ2n) is 3.65. The average Bonchev–Trinajstić information content (AvgIpc) is 2.65. The Morgan fingerprint density at radius 1 is 1.38 bits per heavy atom. The van der Waals surface area contributed by atoms with Gasteiger partial charge in [-0.15, -0.1) is 0 Å². The second-order valence-corrected chi connectivity index (χ2v) is 4.56. The van der Waals surface area contributed by atoms with Crippen LogP contribution in [0, 0.1) is 6.92 Å². The van der Waals surface area contributed by atoms with Crippen molar-refractivity contribution in [3.63, 3.8) is 0 Å². The number of benzene rings is 1. The van der Waals surface area contributed by atoms with Crippen LogP contribution < -0.4 is 0 Å². The molecule has 0 saturated carbocycles. The van der Waals surface area contributed by atoms with Gasteiger partial charge in [-0.2, -0.15) is 5.10 Å². The second kappa shape index (κ2) is 4.61. The van der Waals surface area contributed by atoms with E-state index >= 15 is 0 Å². The molecule has 0 aliphatic rings. The summed E-state index contributed by atoms with van der Waals surface area (Å²) in [6, 6.07) is 7.56. The fraction of sp³-hybridized carbons (Fsp3) is 0.167. The van der Waals surface area contributed by atoms with Gasteiger partial charge < -0.3 is 0 Å². The zero-order valence-electron chi connectivity index (χ0n) is 8.85. The summed E-state index contributed by atoms with van der Waals surface area (Å²) in [6.45, 7) is 2.27. The van der Waals surface area contributed by atoms with Gasteiger partial charge in [-0.3, -0.25) is 9.48 Å². The molecular formula is C12H11BrN2O. The number of nitrogens with zero attached hydrogens (tertiary/aromatic N) is 2. The first-order valence-corrected chi connectivity index (χ1v) is 5.72. The lowest BCUT2D eigenvalue weighted by molar-refractivity contribution is 0.0967. The van der Waals surface area contributed by atoms with Crippen LogP contribution in [0.5, 0.6) is 0 Å². The highest BCUT2D eigenvalue weighted by Crippen LogP contribution is 2.08. The predicted octanol–water partition coefficient (Wildman–Crippen LogP) is 2.84. The minimum Gasteiger partial charge on any atom is -0.292 e. The lowest BCUT2D eigenvalue weighted by atomic mass is 10.1. The number of rotatable bonds is 3. The van der Waals surface area contributed by atoms with E-state index < -0.39 is 0 Å². The lowest BCUT2D eigenvalue weighted by Gasteiger charge is -2.01. The van der Waals surface area contributed by atoms with Crippen molar-refractivity contribution in [1.29, 1.82) is 0 Å². The van der Waals surface area contributed by atoms with E-state index in [1.165, 1.54) is 0 Å². The van der Waals surface area contributed by atoms with Gasteiger partial charge in [0.25, 0.3) is 0 Å². The van der Waals surface area contributed by atoms with Crippen LogP contribution in [0.3, 0.4) is 0 Å². The van der Waals surface area contributed by atoms with E-state index in [9.17, 15) is 4.79 Å². The zero-order chi connectivity index (χ0) is 11.5. The average molecular weight is 279 g/mol. The number of aryl methyl sites for hydroxylation is 1. The minimum atomic E-state index is 0.0654. The van der Waals surface area contributed by atoms with Crippen LogP contribution in [0.25, 0.3) is 0 Å². The van der Waals surface area contributed by atoms with Crippen molar-refractivity contribution in [2.75, 3.05) is 0 Å². The molecular weight excluding hydrogens is 268 g/mol. The molecule has 1 aromatic heterocycles. The van der Waals surface area contributed by atoms with Crippen LogP contribution >= 0.6 is 15.9 Å². The predicted molar refractivity (Wildman–Crippen MR) is 65.4 cm³/mol. The number of hydrogen-bond acceptors (Lipinski definition) is 2. The third kappa shape index (κ3) is 2.58. The Labute approximate surface area is 102 Å². The molecule has 0 radical (unpaired) electrons. The molecule has 0 spiro atoms. The summed E-state index contributed by atoms with van der Waals surface area (Å²) in [5, 5.41) is 4.05. The van der Waals surface area contributed by atoms with Crippen molar-refractivity contribution < 1.29 is 4.79 Å². The van der Waals surface area contributed by atoms with Crippen LogP contribution in [0.4, 0.5) is 0 Å². The number of halogens is 1. The maximum Gasteiger partial charge on any atom is 0.184 e. The number of Topliss-reactive ketones (excluding diaryl/α,β-unsaturated/α-hetero) is 1. The number of aromatic nitrogens is 2. The molecule has 3 nitrogen and oxygen atoms in total. The Balaban J connectivity index is 2.11. The first-order valence-electron chi connectivity index (χ1n) is 4.93. The summed E-state index contributed by atoms with van der Waals surface area (Å²) in [5.41, 5.74) is 1.87. The smallest absolute Gasteiger partial charge is 0.184 e. The Hall–Kier alpha value is -1.42. The van der Waals surface area contributed by atoms with Gasteiger partial charge in [0.2, 0.25) is 0 Å². The number of ketones is 1. The van der Waals surface area contributed by atoms with E-state index in [2.05, 4.69) is 21.0 Å². The van der Waals surface area contributed by atoms with Crippen molar-refractivity contribution in [2.24, 2.45) is 0 Å². The van der Waals surface area contributed by atoms with E-state index in [4.69, 9.17) is 0 Å². The maximum absolute atomic E-state index is 11.9. The molecule has 2 rings (SSSR count). The summed E-state index contributed by atoms with van der Waals surface area (Å²) in [7, 11) is 0. The highest BCUT2D eigenvalue weighted by Gasteiger charge is 2.06. The molecule has 82 valence electrons. The summed E-state index contributed by atoms with van der Waals surface area (Å²) in [4.78, 5) is 11.9. The first kappa shape index (κ1) is 11.1. The van der Waals surface area contributed by atoms with E-state index in [0.29, 0.717) is 0 Å². The molecule has 1 aromatic carbocycles. The Kier molecular flexibility index (Phi) is 3.19. The Morgan fingerprint density at radius 2 is 2.06 bits per heavy atom. The van der Waals surface area contributed by atoms with Gasteiger partial charge in [-0.1, -0.05) is 29.8 Å². The molecule has 1 heterocycles. The third-order valence-corrected chi connectivity index (χ3v) is 2.69. The molecule has 0 atom stereocenters. The molecule has 0 amide bonds. The number of carbonyl (C=O) groups is 1. The van der Waals surface area contributed by atoms with Gasteiger partial charge in [0.15, 0.2) is 5.78 Å². The number of carbonyl (C=O) groups excluding carboxylic acids is 1. The van der Waals surface area contributed by atoms with E-state index in [0.717, 1.165) is 15.6 Å². The van der Waals surface area contributed by atoms with E-state index in [1.54, 1.807) is 17.1 Å². The molecule has 0 aliphatic heterocycles. The fourth-order valence-electron chi connectivity index (χ4n) is 1.40. The lowest BCUT2D eigenvalue weighted by Crippen LogP contribution is -2.10. The van der Waals surface area contributed by atoms with Gasteiger partial charge >= 0.3 is 0 Å². The molecule has 0 N–H and O–H groups in total. The summed E-state index contributed by atoms with van der Waals surface area (Å²) in [5.74, 6) is 0.0654. The summed E-state index contributed by atoms with van der Waals surface area (Å²) < 4.78 is 2.50. The minimum absolute atomic E-state index is 0.0654. The van der Waals surface area contributed by atoms with Crippen molar-refractivity contribution in [3.8, 4) is 0 Å². The van der Waals surface area contributed by atoms with Crippen LogP contribution in [-0.2, 0) is 6.54 Å².